The summed E-state index contributed by atoms with van der Waals surface area (Å²) in [5, 5.41) is 0. The van der Waals surface area contributed by atoms with E-state index in [1.165, 1.54) is 16.7 Å². The molecular weight excluding hydrogens is 658 g/mol. The standard InChI is InChI=1S/C41H46N4O3P2/c1-27-14-11-18-43(27)50(44-19-12-15-28(44)2)48-36-25-31(40(6,7)8)23-33-38(36)46-37-32(41(33,9)10)22-30(39(3,4)5)24-35(37)47-49-42-21-17-29(26-42)34-16-13-20-45(34)49/h11-26H,1-10H3. The highest BCUT2D eigenvalue weighted by atomic mass is 31.2. The second-order valence-corrected chi connectivity index (χ2v) is 19.3. The van der Waals surface area contributed by atoms with Crippen LogP contribution in [0.2, 0.25) is 0 Å². The highest BCUT2D eigenvalue weighted by Gasteiger charge is 2.42. The summed E-state index contributed by atoms with van der Waals surface area (Å²) in [6, 6.07) is 23.9. The van der Waals surface area contributed by atoms with Gasteiger partial charge in [0.05, 0.1) is 5.69 Å². The fraction of sp³-hybridized carbons (Fsp3) is 0.317. The fourth-order valence-corrected chi connectivity index (χ4v) is 10.3. The van der Waals surface area contributed by atoms with Crippen molar-refractivity contribution in [2.45, 2.75) is 85.5 Å². The van der Waals surface area contributed by atoms with Gasteiger partial charge in [-0.1, -0.05) is 67.5 Å². The number of ether oxygens (including phenoxy) is 1. The maximum Gasteiger partial charge on any atom is 0.318 e. The lowest BCUT2D eigenvalue weighted by Gasteiger charge is -2.39. The molecule has 7 nitrogen and oxygen atoms in total. The molecule has 0 spiro atoms. The van der Waals surface area contributed by atoms with Gasteiger partial charge >= 0.3 is 16.9 Å². The maximum atomic E-state index is 7.25. The van der Waals surface area contributed by atoms with E-state index in [1.807, 2.05) is 0 Å². The van der Waals surface area contributed by atoms with Crippen molar-refractivity contribution < 1.29 is 13.8 Å². The minimum absolute atomic E-state index is 0.108. The lowest BCUT2D eigenvalue weighted by atomic mass is 9.72. The summed E-state index contributed by atoms with van der Waals surface area (Å²) < 4.78 is 30.5. The molecule has 4 aromatic heterocycles. The minimum atomic E-state index is -1.32. The number of fused-ring (bicyclic) bond motifs is 6. The van der Waals surface area contributed by atoms with Crippen LogP contribution in [0.15, 0.2) is 97.7 Å². The predicted molar refractivity (Wildman–Crippen MR) is 205 cm³/mol. The Morgan fingerprint density at radius 3 is 1.82 bits per heavy atom. The zero-order chi connectivity index (χ0) is 35.3. The van der Waals surface area contributed by atoms with Crippen molar-refractivity contribution in [3.05, 3.63) is 131 Å². The van der Waals surface area contributed by atoms with E-state index < -0.39 is 22.3 Å². The van der Waals surface area contributed by atoms with E-state index in [1.54, 1.807) is 0 Å². The summed E-state index contributed by atoms with van der Waals surface area (Å²) in [6.45, 7) is 22.4. The van der Waals surface area contributed by atoms with Crippen LogP contribution in [0.1, 0.15) is 89.0 Å². The maximum absolute atomic E-state index is 7.25. The molecule has 50 heavy (non-hydrogen) atoms. The molecule has 258 valence electrons. The first-order valence-electron chi connectivity index (χ1n) is 17.3. The van der Waals surface area contributed by atoms with Crippen LogP contribution in [-0.4, -0.2) is 17.4 Å². The first-order chi connectivity index (χ1) is 23.6. The molecule has 0 saturated heterocycles. The third-order valence-corrected chi connectivity index (χ3v) is 13.8. The van der Waals surface area contributed by atoms with Gasteiger partial charge in [0.2, 0.25) is 0 Å². The second-order valence-electron chi connectivity index (χ2n) is 16.1. The number of hydrogen-bond acceptors (Lipinski definition) is 3. The lowest BCUT2D eigenvalue weighted by Crippen LogP contribution is -2.27. The molecule has 2 bridgehead atoms. The van der Waals surface area contributed by atoms with Gasteiger partial charge in [0, 0.05) is 64.5 Å². The Bertz CT molecular complexity index is 2210. The Labute approximate surface area is 298 Å². The molecule has 0 radical (unpaired) electrons. The fourth-order valence-electron chi connectivity index (χ4n) is 6.86. The smallest absolute Gasteiger partial charge is 0.318 e. The van der Waals surface area contributed by atoms with Crippen LogP contribution >= 0.6 is 16.9 Å². The third-order valence-electron chi connectivity index (χ3n) is 10.1. The zero-order valence-electron chi connectivity index (χ0n) is 30.6. The van der Waals surface area contributed by atoms with E-state index in [4.69, 9.17) is 13.8 Å². The van der Waals surface area contributed by atoms with E-state index >= 15 is 0 Å². The predicted octanol–water partition coefficient (Wildman–Crippen LogP) is 11.9. The van der Waals surface area contributed by atoms with E-state index in [-0.39, 0.29) is 10.8 Å². The molecule has 1 atom stereocenters. The molecule has 0 amide bonds. The van der Waals surface area contributed by atoms with Gasteiger partial charge in [-0.05, 0) is 90.4 Å². The molecular formula is C41H46N4O3P2. The monoisotopic (exact) mass is 704 g/mol. The Hall–Kier alpha value is -4.18. The Balaban J connectivity index is 1.32. The first-order valence-corrected chi connectivity index (χ1v) is 19.6. The van der Waals surface area contributed by atoms with E-state index in [0.29, 0.717) is 0 Å². The number of rotatable bonds is 6. The molecule has 8 rings (SSSR count). The van der Waals surface area contributed by atoms with Crippen LogP contribution in [-0.2, 0) is 16.2 Å². The first kappa shape index (κ1) is 33.0. The van der Waals surface area contributed by atoms with Crippen molar-refractivity contribution in [1.82, 2.24) is 17.4 Å². The minimum Gasteiger partial charge on any atom is -0.449 e. The Kier molecular flexibility index (Phi) is 7.53. The lowest BCUT2D eigenvalue weighted by molar-refractivity contribution is 0.381. The van der Waals surface area contributed by atoms with E-state index in [0.717, 1.165) is 51.2 Å². The van der Waals surface area contributed by atoms with Crippen molar-refractivity contribution in [2.75, 3.05) is 0 Å². The average molecular weight is 705 g/mol. The van der Waals surface area contributed by atoms with E-state index in [9.17, 15) is 0 Å². The molecule has 1 unspecified atom stereocenters. The molecule has 2 aliphatic heterocycles. The number of aryl methyl sites for hydroxylation is 2. The molecule has 0 fully saturated rings. The quantitative estimate of drug-likeness (QED) is 0.162. The number of hydrogen-bond donors (Lipinski definition) is 0. The Morgan fingerprint density at radius 2 is 1.26 bits per heavy atom. The SMILES string of the molecule is Cc1cccn1P(Oc1cc(C(C)(C)C)cc2c1Oc1c(OP3n4ccc(c4)-c4cccn43)cc(C(C)(C)C)cc1C2(C)C)n1cccc1C. The van der Waals surface area contributed by atoms with Gasteiger partial charge in [0.15, 0.2) is 23.0 Å². The van der Waals surface area contributed by atoms with Crippen molar-refractivity contribution in [1.29, 1.82) is 0 Å². The zero-order valence-corrected chi connectivity index (χ0v) is 32.4. The largest absolute Gasteiger partial charge is 0.449 e. The summed E-state index contributed by atoms with van der Waals surface area (Å²) in [5.41, 5.74) is 8.61. The molecule has 2 aliphatic rings. The van der Waals surface area contributed by atoms with Gasteiger partial charge in [-0.3, -0.25) is 17.4 Å². The van der Waals surface area contributed by atoms with Gasteiger partial charge in [-0.2, -0.15) is 0 Å². The van der Waals surface area contributed by atoms with Gasteiger partial charge in [-0.15, -0.1) is 0 Å². The van der Waals surface area contributed by atoms with Crippen LogP contribution < -0.4 is 13.8 Å². The van der Waals surface area contributed by atoms with Gasteiger partial charge in [0.1, 0.15) is 0 Å². The topological polar surface area (TPSA) is 47.4 Å². The van der Waals surface area contributed by atoms with Crippen molar-refractivity contribution >= 4 is 16.9 Å². The number of nitrogens with zero attached hydrogens (tertiary/aromatic N) is 4. The molecule has 2 aromatic carbocycles. The van der Waals surface area contributed by atoms with Crippen molar-refractivity contribution in [3.63, 3.8) is 0 Å². The molecule has 0 aliphatic carbocycles. The molecule has 0 N–H and O–H groups in total. The second kappa shape index (κ2) is 11.4. The number of benzene rings is 2. The summed E-state index contributed by atoms with van der Waals surface area (Å²) in [5.74, 6) is 2.96. The van der Waals surface area contributed by atoms with Crippen LogP contribution in [0.3, 0.4) is 0 Å². The molecule has 6 aromatic rings. The number of aromatic nitrogens is 4. The summed E-state index contributed by atoms with van der Waals surface area (Å²) >= 11 is 0. The van der Waals surface area contributed by atoms with Crippen LogP contribution in [0.5, 0.6) is 23.0 Å². The van der Waals surface area contributed by atoms with Crippen LogP contribution in [0.25, 0.3) is 11.3 Å². The van der Waals surface area contributed by atoms with Gasteiger partial charge in [0.25, 0.3) is 0 Å². The Morgan fingerprint density at radius 1 is 0.700 bits per heavy atom. The van der Waals surface area contributed by atoms with Crippen LogP contribution in [0, 0.1) is 13.8 Å². The summed E-state index contributed by atoms with van der Waals surface area (Å²) in [7, 11) is -2.56. The summed E-state index contributed by atoms with van der Waals surface area (Å²) in [6.07, 6.45) is 10.6. The average Bonchev–Trinajstić information content (AvgIpc) is 3.86. The normalized spacial score (nSPS) is 16.1. The van der Waals surface area contributed by atoms with Crippen molar-refractivity contribution in [3.8, 4) is 34.3 Å². The molecule has 6 heterocycles. The van der Waals surface area contributed by atoms with Crippen molar-refractivity contribution in [2.24, 2.45) is 0 Å². The third kappa shape index (κ3) is 5.33. The molecule has 9 heteroatoms. The van der Waals surface area contributed by atoms with Gasteiger partial charge in [-0.25, -0.2) is 0 Å². The summed E-state index contributed by atoms with van der Waals surface area (Å²) in [4.78, 5) is 0. The van der Waals surface area contributed by atoms with Crippen LogP contribution in [0.4, 0.5) is 0 Å². The highest BCUT2D eigenvalue weighted by Crippen LogP contribution is 2.60. The molecule has 0 saturated carbocycles. The van der Waals surface area contributed by atoms with E-state index in [2.05, 4.69) is 184 Å². The highest BCUT2D eigenvalue weighted by molar-refractivity contribution is 7.50. The van der Waals surface area contributed by atoms with Gasteiger partial charge < -0.3 is 13.8 Å².